The Morgan fingerprint density at radius 2 is 1.65 bits per heavy atom. The fourth-order valence-electron chi connectivity index (χ4n) is 2.17. The number of ether oxygens (including phenoxy) is 2. The molecule has 0 unspecified atom stereocenters. The maximum Gasteiger partial charge on any atom is 0.191 e. The summed E-state index contributed by atoms with van der Waals surface area (Å²) in [5, 5.41) is 14.9. The Hall–Kier alpha value is -1.67. The largest absolute Gasteiger partial charge is 0.382 e. The van der Waals surface area contributed by atoms with E-state index in [4.69, 9.17) is 9.47 Å². The van der Waals surface area contributed by atoms with Crippen LogP contribution >= 0.6 is 0 Å². The molecule has 8 nitrogen and oxygen atoms in total. The van der Waals surface area contributed by atoms with Crippen molar-refractivity contribution in [1.29, 1.82) is 0 Å². The topological polar surface area (TPSA) is 85.6 Å². The molecular formula is C18H36N6O2. The summed E-state index contributed by atoms with van der Waals surface area (Å²) in [4.78, 5) is 4.62. The minimum absolute atomic E-state index is 0.491. The molecule has 0 aliphatic heterocycles. The fourth-order valence-corrected chi connectivity index (χ4v) is 2.17. The molecule has 2 N–H and O–H groups in total. The van der Waals surface area contributed by atoms with Crippen LogP contribution in [0.4, 0.5) is 0 Å². The summed E-state index contributed by atoms with van der Waals surface area (Å²) in [6.45, 7) is 11.4. The van der Waals surface area contributed by atoms with E-state index in [2.05, 4.69) is 32.7 Å². The second-order valence-corrected chi connectivity index (χ2v) is 6.11. The molecular weight excluding hydrogens is 332 g/mol. The van der Waals surface area contributed by atoms with E-state index in [-0.39, 0.29) is 0 Å². The minimum Gasteiger partial charge on any atom is -0.382 e. The first-order chi connectivity index (χ1) is 12.7. The summed E-state index contributed by atoms with van der Waals surface area (Å²) >= 11 is 0. The number of aromatic nitrogens is 3. The molecule has 1 rings (SSSR count). The van der Waals surface area contributed by atoms with Crippen molar-refractivity contribution in [3.05, 3.63) is 11.6 Å². The summed E-state index contributed by atoms with van der Waals surface area (Å²) in [5.74, 6) is 2.52. The van der Waals surface area contributed by atoms with Crippen molar-refractivity contribution >= 4 is 5.96 Å². The van der Waals surface area contributed by atoms with Crippen molar-refractivity contribution in [2.45, 2.75) is 53.0 Å². The Balaban J connectivity index is 2.39. The van der Waals surface area contributed by atoms with Crippen LogP contribution in [-0.4, -0.2) is 60.2 Å². The minimum atomic E-state index is 0.491. The monoisotopic (exact) mass is 368 g/mol. The zero-order valence-corrected chi connectivity index (χ0v) is 16.9. The summed E-state index contributed by atoms with van der Waals surface area (Å²) < 4.78 is 12.9. The van der Waals surface area contributed by atoms with Gasteiger partial charge in [0, 0.05) is 46.6 Å². The lowest BCUT2D eigenvalue weighted by molar-refractivity contribution is 0.129. The highest BCUT2D eigenvalue weighted by atomic mass is 16.5. The number of hydrogen-bond donors (Lipinski definition) is 2. The highest BCUT2D eigenvalue weighted by Gasteiger charge is 2.05. The zero-order valence-electron chi connectivity index (χ0n) is 16.9. The van der Waals surface area contributed by atoms with E-state index >= 15 is 0 Å². The number of unbranched alkanes of at least 4 members (excludes halogenated alkanes) is 1. The van der Waals surface area contributed by atoms with Crippen LogP contribution in [-0.2, 0) is 23.1 Å². The van der Waals surface area contributed by atoms with Crippen molar-refractivity contribution in [3.63, 3.8) is 0 Å². The lowest BCUT2D eigenvalue weighted by atomic mass is 10.4. The highest BCUT2D eigenvalue weighted by Crippen LogP contribution is 1.99. The molecule has 8 heteroatoms. The first-order valence-electron chi connectivity index (χ1n) is 9.71. The molecule has 1 aromatic rings. The van der Waals surface area contributed by atoms with Crippen LogP contribution in [0.2, 0.25) is 0 Å². The van der Waals surface area contributed by atoms with E-state index in [1.165, 1.54) is 6.42 Å². The van der Waals surface area contributed by atoms with E-state index in [9.17, 15) is 0 Å². The predicted octanol–water partition coefficient (Wildman–Crippen LogP) is 1.79. The second-order valence-electron chi connectivity index (χ2n) is 6.11. The lowest BCUT2D eigenvalue weighted by Crippen LogP contribution is -2.39. The summed E-state index contributed by atoms with van der Waals surface area (Å²) in [7, 11) is 1.95. The fraction of sp³-hybridized carbons (Fsp3) is 0.833. The van der Waals surface area contributed by atoms with Gasteiger partial charge in [-0.3, -0.25) is 0 Å². The van der Waals surface area contributed by atoms with Gasteiger partial charge in [-0.1, -0.05) is 13.3 Å². The molecule has 0 atom stereocenters. The van der Waals surface area contributed by atoms with E-state index in [1.54, 1.807) is 0 Å². The Morgan fingerprint density at radius 3 is 2.23 bits per heavy atom. The molecule has 0 amide bonds. The molecule has 0 radical (unpaired) electrons. The van der Waals surface area contributed by atoms with E-state index in [1.807, 2.05) is 25.5 Å². The van der Waals surface area contributed by atoms with E-state index < -0.39 is 0 Å². The molecule has 26 heavy (non-hydrogen) atoms. The standard InChI is InChI=1S/C18H36N6O2/c1-5-7-12-26-14-9-11-20-18(19-10-8-13-25-6-2)21-15-17-23-22-16(3)24(17)4/h5-15H2,1-4H3,(H2,19,20,21). The van der Waals surface area contributed by atoms with Crippen molar-refractivity contribution in [2.75, 3.05) is 39.5 Å². The second kappa shape index (κ2) is 14.5. The summed E-state index contributed by atoms with van der Waals surface area (Å²) in [6, 6.07) is 0. The SMILES string of the molecule is CCCCOCCCNC(=NCc1nnc(C)n1C)NCCCOCC. The van der Waals surface area contributed by atoms with Crippen LogP contribution in [0.5, 0.6) is 0 Å². The number of hydrogen-bond acceptors (Lipinski definition) is 5. The Kier molecular flexibility index (Phi) is 12.5. The van der Waals surface area contributed by atoms with Crippen molar-refractivity contribution in [2.24, 2.45) is 12.0 Å². The number of aryl methyl sites for hydroxylation is 1. The number of rotatable bonds is 14. The average molecular weight is 369 g/mol. The number of guanidine groups is 1. The first kappa shape index (κ1) is 22.4. The summed E-state index contributed by atoms with van der Waals surface area (Å²) in [5.41, 5.74) is 0. The molecule has 0 aromatic carbocycles. The molecule has 1 heterocycles. The third kappa shape index (κ3) is 9.72. The van der Waals surface area contributed by atoms with Crippen LogP contribution in [0.3, 0.4) is 0 Å². The maximum atomic E-state index is 5.59. The quantitative estimate of drug-likeness (QED) is 0.296. The number of nitrogens with zero attached hydrogens (tertiary/aromatic N) is 4. The van der Waals surface area contributed by atoms with Gasteiger partial charge in [0.15, 0.2) is 11.8 Å². The number of nitrogens with one attached hydrogen (secondary N) is 2. The number of aliphatic imine (C=N–C) groups is 1. The van der Waals surface area contributed by atoms with Gasteiger partial charge < -0.3 is 24.7 Å². The zero-order chi connectivity index (χ0) is 19.0. The van der Waals surface area contributed by atoms with Gasteiger partial charge in [-0.2, -0.15) is 0 Å². The Labute approximate surface area is 157 Å². The molecule has 0 aliphatic rings. The van der Waals surface area contributed by atoms with Gasteiger partial charge in [0.1, 0.15) is 12.4 Å². The van der Waals surface area contributed by atoms with Crippen LogP contribution < -0.4 is 10.6 Å². The van der Waals surface area contributed by atoms with Gasteiger partial charge in [0.2, 0.25) is 0 Å². The van der Waals surface area contributed by atoms with Crippen LogP contribution in [0.25, 0.3) is 0 Å². The predicted molar refractivity (Wildman–Crippen MR) is 104 cm³/mol. The molecule has 0 fully saturated rings. The molecule has 0 bridgehead atoms. The van der Waals surface area contributed by atoms with Gasteiger partial charge in [-0.15, -0.1) is 10.2 Å². The van der Waals surface area contributed by atoms with Crippen molar-refractivity contribution in [3.8, 4) is 0 Å². The van der Waals surface area contributed by atoms with Gasteiger partial charge >= 0.3 is 0 Å². The van der Waals surface area contributed by atoms with Gasteiger partial charge in [-0.25, -0.2) is 4.99 Å². The Morgan fingerprint density at radius 1 is 1.00 bits per heavy atom. The molecule has 0 spiro atoms. The lowest BCUT2D eigenvalue weighted by Gasteiger charge is -2.13. The molecule has 0 saturated carbocycles. The Bertz CT molecular complexity index is 504. The van der Waals surface area contributed by atoms with Crippen molar-refractivity contribution in [1.82, 2.24) is 25.4 Å². The van der Waals surface area contributed by atoms with Crippen molar-refractivity contribution < 1.29 is 9.47 Å². The van der Waals surface area contributed by atoms with E-state index in [0.29, 0.717) is 6.54 Å². The summed E-state index contributed by atoms with van der Waals surface area (Å²) in [6.07, 6.45) is 4.19. The van der Waals surface area contributed by atoms with E-state index in [0.717, 1.165) is 76.4 Å². The van der Waals surface area contributed by atoms with Crippen LogP contribution in [0, 0.1) is 6.92 Å². The van der Waals surface area contributed by atoms with Gasteiger partial charge in [0.25, 0.3) is 0 Å². The third-order valence-electron chi connectivity index (χ3n) is 3.92. The highest BCUT2D eigenvalue weighted by molar-refractivity contribution is 5.79. The molecule has 150 valence electrons. The smallest absolute Gasteiger partial charge is 0.191 e. The van der Waals surface area contributed by atoms with Gasteiger partial charge in [0.05, 0.1) is 0 Å². The average Bonchev–Trinajstić information content (AvgIpc) is 2.96. The molecule has 0 aliphatic carbocycles. The van der Waals surface area contributed by atoms with Crippen LogP contribution in [0.15, 0.2) is 4.99 Å². The third-order valence-corrected chi connectivity index (χ3v) is 3.92. The normalized spacial score (nSPS) is 11.8. The molecule has 0 saturated heterocycles. The van der Waals surface area contributed by atoms with Crippen LogP contribution in [0.1, 0.15) is 51.2 Å². The first-order valence-corrected chi connectivity index (χ1v) is 9.71. The van der Waals surface area contributed by atoms with Gasteiger partial charge in [-0.05, 0) is 33.1 Å². The molecule has 1 aromatic heterocycles. The maximum absolute atomic E-state index is 5.59.